The van der Waals surface area contributed by atoms with Crippen molar-refractivity contribution in [3.8, 4) is 0 Å². The summed E-state index contributed by atoms with van der Waals surface area (Å²) in [7, 11) is 1.53. The third-order valence-electron chi connectivity index (χ3n) is 6.11. The molecule has 3 N–H and O–H groups in total. The number of H-pyrrole nitrogens is 2. The molecule has 1 amide bonds. The molecule has 170 valence electrons. The number of pyridine rings is 1. The van der Waals surface area contributed by atoms with Crippen molar-refractivity contribution >= 4 is 27.6 Å². The molecule has 10 heteroatoms. The number of hydrogen-bond acceptors (Lipinski definition) is 3. The minimum Gasteiger partial charge on any atom is -0.351 e. The van der Waals surface area contributed by atoms with Crippen molar-refractivity contribution < 1.29 is 22.4 Å². The van der Waals surface area contributed by atoms with Crippen molar-refractivity contribution in [3.05, 3.63) is 80.9 Å². The lowest BCUT2D eigenvalue weighted by Gasteiger charge is -2.34. The smallest absolute Gasteiger partial charge is 0.270 e. The molecule has 6 nitrogen and oxygen atoms in total. The van der Waals surface area contributed by atoms with Crippen LogP contribution in [0.3, 0.4) is 0 Å². The van der Waals surface area contributed by atoms with Crippen molar-refractivity contribution in [2.24, 2.45) is 0 Å². The van der Waals surface area contributed by atoms with Gasteiger partial charge in [0.2, 0.25) is 0 Å². The third kappa shape index (κ3) is 3.37. The van der Waals surface area contributed by atoms with Crippen LogP contribution in [0.1, 0.15) is 39.8 Å². The normalized spacial score (nSPS) is 15.9. The molecule has 2 aromatic heterocycles. The summed E-state index contributed by atoms with van der Waals surface area (Å²) in [5.41, 5.74) is 0.733. The number of hydrogen-bond donors (Lipinski definition) is 3. The fourth-order valence-corrected chi connectivity index (χ4v) is 4.49. The van der Waals surface area contributed by atoms with E-state index in [0.29, 0.717) is 16.8 Å². The predicted molar refractivity (Wildman–Crippen MR) is 114 cm³/mol. The minimum absolute atomic E-state index is 0.0208. The highest BCUT2D eigenvalue weighted by molar-refractivity contribution is 5.99. The molecule has 0 spiro atoms. The van der Waals surface area contributed by atoms with Crippen LogP contribution in [0.2, 0.25) is 0 Å². The van der Waals surface area contributed by atoms with Crippen LogP contribution in [-0.2, 0) is 6.54 Å². The summed E-state index contributed by atoms with van der Waals surface area (Å²) in [6.45, 7) is 0.570. The van der Waals surface area contributed by atoms with E-state index in [2.05, 4.69) is 15.3 Å². The molecule has 0 unspecified atom stereocenters. The van der Waals surface area contributed by atoms with Crippen LogP contribution in [0.25, 0.3) is 21.7 Å². The van der Waals surface area contributed by atoms with E-state index in [1.807, 2.05) is 0 Å². The van der Waals surface area contributed by atoms with Gasteiger partial charge in [-0.3, -0.25) is 9.59 Å². The number of aromatic nitrogens is 2. The van der Waals surface area contributed by atoms with Crippen LogP contribution in [0, 0.1) is 11.6 Å². The number of nitrogens with zero attached hydrogens (tertiary/aromatic N) is 1. The Hall–Kier alpha value is -3.66. The number of carbonyl (C=O) groups is 1. The Morgan fingerprint density at radius 3 is 2.52 bits per heavy atom. The largest absolute Gasteiger partial charge is 0.351 e. The SMILES string of the molecule is CN(C(=O)c1cc2c(C(F)F)cccc2[nH]1)[C@@H]1CNCc2[nH]c(=O)c3cc(F)c(F)cc3c21. The molecule has 0 saturated heterocycles. The highest BCUT2D eigenvalue weighted by Gasteiger charge is 2.31. The van der Waals surface area contributed by atoms with Gasteiger partial charge in [-0.2, -0.15) is 0 Å². The molecule has 1 atom stereocenters. The molecule has 2 aromatic carbocycles. The zero-order chi connectivity index (χ0) is 23.4. The standard InChI is InChI=1S/C23H18F4N4O2/c1-31(23(33)17-7-11-10(21(26)27)3-2-4-16(11)29-17)19-9-28-8-18-20(19)12-5-14(24)15(25)6-13(12)22(32)30-18/h2-7,19,21,28-29H,8-9H2,1H3,(H,30,32)/t19-/m1/s1. The van der Waals surface area contributed by atoms with Crippen LogP contribution in [0.4, 0.5) is 17.6 Å². The van der Waals surface area contributed by atoms with Crippen LogP contribution in [0.15, 0.2) is 41.2 Å². The Morgan fingerprint density at radius 1 is 1.06 bits per heavy atom. The number of halogens is 4. The third-order valence-corrected chi connectivity index (χ3v) is 6.11. The first-order chi connectivity index (χ1) is 15.8. The summed E-state index contributed by atoms with van der Waals surface area (Å²) in [6.07, 6.45) is -2.70. The van der Waals surface area contributed by atoms with E-state index in [1.165, 1.54) is 30.1 Å². The Kier molecular flexibility index (Phi) is 4.97. The minimum atomic E-state index is -2.70. The number of benzene rings is 2. The quantitative estimate of drug-likeness (QED) is 0.404. The second kappa shape index (κ2) is 7.73. The summed E-state index contributed by atoms with van der Waals surface area (Å²) in [5, 5.41) is 3.55. The van der Waals surface area contributed by atoms with Gasteiger partial charge in [0.1, 0.15) is 5.69 Å². The second-order valence-corrected chi connectivity index (χ2v) is 8.01. The maximum Gasteiger partial charge on any atom is 0.270 e. The van der Waals surface area contributed by atoms with Crippen molar-refractivity contribution in [1.82, 2.24) is 20.2 Å². The molecule has 4 aromatic rings. The first kappa shape index (κ1) is 21.2. The zero-order valence-corrected chi connectivity index (χ0v) is 17.3. The van der Waals surface area contributed by atoms with Gasteiger partial charge in [0.15, 0.2) is 11.6 Å². The van der Waals surface area contributed by atoms with Gasteiger partial charge in [-0.25, -0.2) is 17.6 Å². The molecule has 1 aliphatic heterocycles. The molecular formula is C23H18F4N4O2. The highest BCUT2D eigenvalue weighted by atomic mass is 19.3. The van der Waals surface area contributed by atoms with E-state index >= 15 is 0 Å². The Labute approximate surface area is 184 Å². The molecule has 0 saturated carbocycles. The van der Waals surface area contributed by atoms with Gasteiger partial charge in [0.05, 0.1) is 11.4 Å². The van der Waals surface area contributed by atoms with E-state index in [1.54, 1.807) is 6.07 Å². The van der Waals surface area contributed by atoms with Gasteiger partial charge < -0.3 is 20.2 Å². The highest BCUT2D eigenvalue weighted by Crippen LogP contribution is 2.34. The summed E-state index contributed by atoms with van der Waals surface area (Å²) < 4.78 is 54.6. The first-order valence-corrected chi connectivity index (χ1v) is 10.2. The number of carbonyl (C=O) groups excluding carboxylic acids is 1. The summed E-state index contributed by atoms with van der Waals surface area (Å²) in [4.78, 5) is 32.7. The number of amides is 1. The number of rotatable bonds is 3. The van der Waals surface area contributed by atoms with Gasteiger partial charge in [0.25, 0.3) is 17.9 Å². The lowest BCUT2D eigenvalue weighted by Crippen LogP contribution is -2.42. The van der Waals surface area contributed by atoms with Gasteiger partial charge in [0, 0.05) is 47.9 Å². The summed E-state index contributed by atoms with van der Waals surface area (Å²) in [5.74, 6) is -2.72. The lowest BCUT2D eigenvalue weighted by molar-refractivity contribution is 0.0718. The molecular weight excluding hydrogens is 440 g/mol. The molecule has 33 heavy (non-hydrogen) atoms. The maximum absolute atomic E-state index is 14.1. The maximum atomic E-state index is 14.1. The first-order valence-electron chi connectivity index (χ1n) is 10.2. The van der Waals surface area contributed by atoms with E-state index in [0.717, 1.165) is 12.1 Å². The van der Waals surface area contributed by atoms with Crippen molar-refractivity contribution in [1.29, 1.82) is 0 Å². The van der Waals surface area contributed by atoms with Crippen LogP contribution >= 0.6 is 0 Å². The van der Waals surface area contributed by atoms with Crippen molar-refractivity contribution in [2.45, 2.75) is 19.0 Å². The van der Waals surface area contributed by atoms with Gasteiger partial charge in [-0.1, -0.05) is 12.1 Å². The van der Waals surface area contributed by atoms with Crippen LogP contribution < -0.4 is 10.9 Å². The summed E-state index contributed by atoms with van der Waals surface area (Å²) in [6, 6.07) is 6.94. The monoisotopic (exact) mass is 458 g/mol. The average Bonchev–Trinajstić information content (AvgIpc) is 3.23. The molecule has 0 radical (unpaired) electrons. The molecule has 5 rings (SSSR count). The molecule has 0 aliphatic carbocycles. The van der Waals surface area contributed by atoms with Crippen LogP contribution in [-0.4, -0.2) is 34.4 Å². The van der Waals surface area contributed by atoms with E-state index in [9.17, 15) is 27.2 Å². The fraction of sp³-hybridized carbons (Fsp3) is 0.217. The van der Waals surface area contributed by atoms with Gasteiger partial charge >= 0.3 is 0 Å². The lowest BCUT2D eigenvalue weighted by atomic mass is 9.93. The molecule has 1 aliphatic rings. The molecule has 0 fully saturated rings. The molecule has 0 bridgehead atoms. The second-order valence-electron chi connectivity index (χ2n) is 8.01. The average molecular weight is 458 g/mol. The predicted octanol–water partition coefficient (Wildman–Crippen LogP) is 4.14. The number of alkyl halides is 2. The van der Waals surface area contributed by atoms with Crippen molar-refractivity contribution in [2.75, 3.05) is 13.6 Å². The molecule has 3 heterocycles. The zero-order valence-electron chi connectivity index (χ0n) is 17.3. The summed E-state index contributed by atoms with van der Waals surface area (Å²) >= 11 is 0. The van der Waals surface area contributed by atoms with Gasteiger partial charge in [-0.05, 0) is 29.7 Å². The number of likely N-dealkylation sites (N-methyl/N-ethyl adjacent to an activating group) is 1. The van der Waals surface area contributed by atoms with E-state index in [4.69, 9.17) is 0 Å². The van der Waals surface area contributed by atoms with E-state index in [-0.39, 0.29) is 40.5 Å². The Bertz CT molecular complexity index is 1480. The van der Waals surface area contributed by atoms with Crippen LogP contribution in [0.5, 0.6) is 0 Å². The number of nitrogens with one attached hydrogen (secondary N) is 3. The van der Waals surface area contributed by atoms with E-state index < -0.39 is 35.6 Å². The Balaban J connectivity index is 1.60. The number of aromatic amines is 2. The number of fused-ring (bicyclic) bond motifs is 4. The Morgan fingerprint density at radius 2 is 1.79 bits per heavy atom. The topological polar surface area (TPSA) is 81.0 Å². The van der Waals surface area contributed by atoms with Gasteiger partial charge in [-0.15, -0.1) is 0 Å². The van der Waals surface area contributed by atoms with Crippen molar-refractivity contribution in [3.63, 3.8) is 0 Å². The fourth-order valence-electron chi connectivity index (χ4n) is 4.49.